The van der Waals surface area contributed by atoms with Crippen LogP contribution in [0.3, 0.4) is 0 Å². The van der Waals surface area contributed by atoms with Gasteiger partial charge in [0.25, 0.3) is 6.71 Å². The molecule has 0 radical (unpaired) electrons. The van der Waals surface area contributed by atoms with Gasteiger partial charge in [-0.15, -0.1) is 0 Å². The highest BCUT2D eigenvalue weighted by atomic mass is 15.3. The number of rotatable bonds is 5. The molecule has 3 nitrogen and oxygen atoms in total. The number of hydrogen-bond donors (Lipinski definition) is 0. The van der Waals surface area contributed by atoms with Gasteiger partial charge in [-0.25, -0.2) is 0 Å². The Morgan fingerprint density at radius 1 is 0.469 bits per heavy atom. The molecule has 2 atom stereocenters. The zero-order chi connectivity index (χ0) is 57.7. The minimum absolute atomic E-state index is 0.00279. The van der Waals surface area contributed by atoms with Crippen LogP contribution in [0, 0.1) is 20.8 Å². The van der Waals surface area contributed by atoms with Crippen LogP contribution in [0.15, 0.2) is 115 Å². The lowest BCUT2D eigenvalue weighted by Crippen LogP contribution is -2.66. The van der Waals surface area contributed by atoms with Crippen LogP contribution in [-0.4, -0.2) is 12.3 Å². The summed E-state index contributed by atoms with van der Waals surface area (Å²) in [7, 11) is 0. The molecule has 3 heterocycles. The first kappa shape index (κ1) is 54.3. The average molecular weight is 1070 g/mol. The molecule has 0 aromatic heterocycles. The van der Waals surface area contributed by atoms with Crippen molar-refractivity contribution >= 4 is 68.6 Å². The van der Waals surface area contributed by atoms with Crippen LogP contribution < -0.4 is 31.1 Å². The summed E-state index contributed by atoms with van der Waals surface area (Å²) in [4.78, 5) is 8.40. The van der Waals surface area contributed by atoms with E-state index < -0.39 is 0 Å². The van der Waals surface area contributed by atoms with Crippen molar-refractivity contribution in [2.24, 2.45) is 0 Å². The van der Waals surface area contributed by atoms with Gasteiger partial charge in [0.15, 0.2) is 0 Å². The molecule has 0 N–H and O–H groups in total. The molecule has 81 heavy (non-hydrogen) atoms. The van der Waals surface area contributed by atoms with Crippen molar-refractivity contribution in [3.8, 4) is 11.1 Å². The lowest BCUT2D eigenvalue weighted by atomic mass is 9.31. The molecule has 1 saturated carbocycles. The highest BCUT2D eigenvalue weighted by Gasteiger charge is 2.63. The van der Waals surface area contributed by atoms with Gasteiger partial charge in [0, 0.05) is 50.8 Å². The lowest BCUT2D eigenvalue weighted by molar-refractivity contribution is 0.195. The van der Waals surface area contributed by atoms with Gasteiger partial charge in [-0.1, -0.05) is 183 Å². The van der Waals surface area contributed by atoms with Crippen LogP contribution in [0.25, 0.3) is 11.1 Å². The molecule has 7 aromatic rings. The van der Waals surface area contributed by atoms with Crippen LogP contribution >= 0.6 is 0 Å². The van der Waals surface area contributed by atoms with Gasteiger partial charge in [0.2, 0.25) is 0 Å². The second-order valence-corrected chi connectivity index (χ2v) is 31.6. The van der Waals surface area contributed by atoms with Gasteiger partial charge >= 0.3 is 0 Å². The van der Waals surface area contributed by atoms with E-state index >= 15 is 0 Å². The Morgan fingerprint density at radius 3 is 1.62 bits per heavy atom. The Kier molecular flexibility index (Phi) is 11.7. The molecule has 0 saturated heterocycles. The molecule has 6 aliphatic rings. The normalized spacial score (nSPS) is 22.3. The fraction of sp³-hybridized carbons (Fsp3) is 0.455. The van der Waals surface area contributed by atoms with E-state index in [-0.39, 0.29) is 50.2 Å². The van der Waals surface area contributed by atoms with Crippen molar-refractivity contribution in [1.82, 2.24) is 0 Å². The van der Waals surface area contributed by atoms with Crippen LogP contribution in [-0.2, 0) is 37.9 Å². The Labute approximate surface area is 489 Å². The molecule has 4 heteroatoms. The summed E-state index contributed by atoms with van der Waals surface area (Å²) in [6.07, 6.45) is 9.60. The first-order chi connectivity index (χ1) is 37.9. The fourth-order valence-electron chi connectivity index (χ4n) is 16.9. The highest BCUT2D eigenvalue weighted by molar-refractivity contribution is 7.00. The average Bonchev–Trinajstić information content (AvgIpc) is 3.74. The smallest absolute Gasteiger partial charge is 0.252 e. The number of benzene rings is 7. The van der Waals surface area contributed by atoms with Crippen molar-refractivity contribution < 1.29 is 0 Å². The van der Waals surface area contributed by atoms with Crippen molar-refractivity contribution in [2.75, 3.05) is 14.7 Å². The maximum Gasteiger partial charge on any atom is 0.252 e. The zero-order valence-electron chi connectivity index (χ0n) is 53.0. The molecule has 418 valence electrons. The molecule has 3 aliphatic heterocycles. The second kappa shape index (κ2) is 17.5. The Morgan fingerprint density at radius 2 is 1.02 bits per heavy atom. The molecule has 13 rings (SSSR count). The van der Waals surface area contributed by atoms with Crippen molar-refractivity contribution in [3.05, 3.63) is 171 Å². The summed E-state index contributed by atoms with van der Waals surface area (Å²) in [5, 5.41) is 0. The summed E-state index contributed by atoms with van der Waals surface area (Å²) in [6.45, 7) is 46.8. The molecule has 0 amide bonds. The summed E-state index contributed by atoms with van der Waals surface area (Å²) in [6, 6.07) is 47.0. The van der Waals surface area contributed by atoms with Gasteiger partial charge in [-0.2, -0.15) is 0 Å². The predicted octanol–water partition coefficient (Wildman–Crippen LogP) is 19.4. The first-order valence-electron chi connectivity index (χ1n) is 31.3. The lowest BCUT2D eigenvalue weighted by Gasteiger charge is -2.53. The zero-order valence-corrected chi connectivity index (χ0v) is 53.0. The summed E-state index contributed by atoms with van der Waals surface area (Å²) >= 11 is 0. The highest BCUT2D eigenvalue weighted by Crippen LogP contribution is 2.64. The van der Waals surface area contributed by atoms with Gasteiger partial charge in [0.1, 0.15) is 0 Å². The molecule has 3 aliphatic carbocycles. The maximum absolute atomic E-state index is 2.99. The minimum Gasteiger partial charge on any atom is -0.335 e. The van der Waals surface area contributed by atoms with Crippen LogP contribution in [0.4, 0.5) is 45.5 Å². The molecular formula is C77H92BN3. The van der Waals surface area contributed by atoms with Crippen LogP contribution in [0.2, 0.25) is 0 Å². The molecule has 0 bridgehead atoms. The monoisotopic (exact) mass is 1070 g/mol. The molecule has 7 aromatic carbocycles. The molecule has 1 fully saturated rings. The fourth-order valence-corrected chi connectivity index (χ4v) is 16.9. The summed E-state index contributed by atoms with van der Waals surface area (Å²) in [5.41, 5.74) is 31.9. The number of fused-ring (bicyclic) bond motifs is 10. The largest absolute Gasteiger partial charge is 0.335 e. The Hall–Kier alpha value is -6.00. The van der Waals surface area contributed by atoms with Gasteiger partial charge < -0.3 is 14.7 Å². The van der Waals surface area contributed by atoms with Crippen LogP contribution in [0.1, 0.15) is 218 Å². The third-order valence-electron chi connectivity index (χ3n) is 22.3. The van der Waals surface area contributed by atoms with E-state index in [1.807, 2.05) is 0 Å². The third kappa shape index (κ3) is 7.86. The van der Waals surface area contributed by atoms with E-state index in [2.05, 4.69) is 262 Å². The molecular weight excluding hydrogens is 978 g/mol. The van der Waals surface area contributed by atoms with E-state index in [0.717, 1.165) is 12.8 Å². The first-order valence-corrected chi connectivity index (χ1v) is 31.3. The van der Waals surface area contributed by atoms with E-state index in [1.165, 1.54) is 145 Å². The third-order valence-corrected chi connectivity index (χ3v) is 22.3. The number of anilines is 8. The summed E-state index contributed by atoms with van der Waals surface area (Å²) < 4.78 is 0. The van der Waals surface area contributed by atoms with Crippen LogP contribution in [0.5, 0.6) is 0 Å². The Balaban J connectivity index is 1.19. The van der Waals surface area contributed by atoms with Crippen molar-refractivity contribution in [3.63, 3.8) is 0 Å². The number of hydrogen-bond acceptors (Lipinski definition) is 3. The minimum atomic E-state index is -0.0833. The number of aryl methyl sites for hydroxylation is 3. The van der Waals surface area contributed by atoms with Gasteiger partial charge in [-0.05, 0) is 225 Å². The van der Waals surface area contributed by atoms with Gasteiger partial charge in [0.05, 0.1) is 11.2 Å². The van der Waals surface area contributed by atoms with E-state index in [0.29, 0.717) is 0 Å². The number of nitrogens with zero attached hydrogens (tertiary/aromatic N) is 3. The quantitative estimate of drug-likeness (QED) is 0.159. The Bertz CT molecular complexity index is 3720. The summed E-state index contributed by atoms with van der Waals surface area (Å²) in [5.74, 6) is 0. The SMILES string of the molecule is Cc1cc2c3c(c1)N1c4c(cc5c(c4B3c3ccc(N(c4ccc(C(C)(C)C)cc4C)c4ccc(C(C)(C)C)cc4C)cc3N2c2cc3c(cc2-c2ccccc2)C(C)(C)CCC3(C)C)C(C)(C)CCC5(C)C)C2(C)CCCCC12C. The van der Waals surface area contributed by atoms with Crippen molar-refractivity contribution in [2.45, 2.75) is 226 Å². The standard InChI is InChI=1S/C77H92BN3/c1-47-39-64-67-65(40-47)81-69-58(76(18)33-23-24-34-77(76,81)19)45-57-66(75(16,17)38-37-74(57,14)15)68(69)78(67)59-30-29-53(79(60-31-27-51(41-48(60)2)70(4,5)6)61-32-28-52(42-49(61)3)71(7,8)9)43-63(59)80(64)62-46-56-55(72(10,11)35-36-73(56,12)13)44-54(62)50-25-21-20-22-26-50/h20-22,25-32,39-46H,23-24,33-38H2,1-19H3. The molecule has 0 spiro atoms. The topological polar surface area (TPSA) is 9.72 Å². The molecule has 2 unspecified atom stereocenters. The van der Waals surface area contributed by atoms with E-state index in [1.54, 1.807) is 22.2 Å². The van der Waals surface area contributed by atoms with E-state index in [9.17, 15) is 0 Å². The maximum atomic E-state index is 2.99. The van der Waals surface area contributed by atoms with Gasteiger partial charge in [-0.3, -0.25) is 0 Å². The predicted molar refractivity (Wildman–Crippen MR) is 351 cm³/mol. The van der Waals surface area contributed by atoms with Crippen molar-refractivity contribution in [1.29, 1.82) is 0 Å². The van der Waals surface area contributed by atoms with E-state index in [4.69, 9.17) is 0 Å². The second-order valence-electron chi connectivity index (χ2n) is 31.6.